The molecule has 246 valence electrons. The van der Waals surface area contributed by atoms with Crippen LogP contribution in [-0.4, -0.2) is 6.47 Å². The van der Waals surface area contributed by atoms with E-state index in [0.717, 1.165) is 0 Å². The molecule has 7 rings (SSSR count). The van der Waals surface area contributed by atoms with Crippen LogP contribution < -0.4 is 36.6 Å². The van der Waals surface area contributed by atoms with Crippen LogP contribution in [0.3, 0.4) is 0 Å². The van der Waals surface area contributed by atoms with Gasteiger partial charge in [0.15, 0.2) is 6.47 Å². The monoisotopic (exact) mass is 786 g/mol. The Kier molecular flexibility index (Phi) is 17.2. The minimum Gasteiger partial charge on any atom is -0.0622 e. The molecule has 0 N–H and O–H groups in total. The smallest absolute Gasteiger partial charge is 0.0134 e. The van der Waals surface area contributed by atoms with Crippen LogP contribution in [0.4, 0.5) is 0 Å². The molecule has 6 heteroatoms. The molecule has 0 atom stereocenters. The molecular formula is C43H35ClO2P2Pd. The molecule has 7 aromatic carbocycles. The number of hydrogen-bond donors (Lipinski definition) is 0. The number of ether oxygens (including phenoxy) is 1. The molecule has 0 fully saturated rings. The third kappa shape index (κ3) is 12.3. The molecule has 0 saturated carbocycles. The topological polar surface area (TPSA) is 26.3 Å². The van der Waals surface area contributed by atoms with E-state index >= 15 is 0 Å². The maximum absolute atomic E-state index is 9.63. The molecule has 0 amide bonds. The van der Waals surface area contributed by atoms with Crippen LogP contribution in [-0.2, 0) is 23.0 Å². The number of carbonyl (C=O) groups excluding carboxylic acids is 1. The van der Waals surface area contributed by atoms with Gasteiger partial charge in [-0.05, 0) is 53.4 Å². The molecule has 0 aliphatic heterocycles. The van der Waals surface area contributed by atoms with Crippen LogP contribution in [0, 0.1) is 0 Å². The molecule has 0 saturated heterocycles. The number of hydrogen-bond acceptors (Lipinski definition) is 2. The summed E-state index contributed by atoms with van der Waals surface area (Å²) in [5.74, 6) is 0.521. The first kappa shape index (κ1) is 37.6. The summed E-state index contributed by atoms with van der Waals surface area (Å²) in [5, 5.41) is 8.39. The van der Waals surface area contributed by atoms with E-state index in [1.54, 1.807) is 24.3 Å². The first-order chi connectivity index (χ1) is 24.3. The zero-order valence-corrected chi connectivity index (χ0v) is 30.7. The zero-order valence-electron chi connectivity index (χ0n) is 26.6. The van der Waals surface area contributed by atoms with Gasteiger partial charge in [-0.15, -0.1) is 12.1 Å². The van der Waals surface area contributed by atoms with Gasteiger partial charge in [0, 0.05) is 0 Å². The van der Waals surface area contributed by atoms with Crippen molar-refractivity contribution < 1.29 is 27.7 Å². The van der Waals surface area contributed by atoms with Gasteiger partial charge in [-0.1, -0.05) is 200 Å². The van der Waals surface area contributed by atoms with Crippen molar-refractivity contribution >= 4 is 63.7 Å². The minimum atomic E-state index is -0.446. The van der Waals surface area contributed by atoms with Crippen LogP contribution >= 0.6 is 25.4 Å². The predicted octanol–water partition coefficient (Wildman–Crippen LogP) is 8.71. The van der Waals surface area contributed by atoms with Gasteiger partial charge in [0.05, 0.1) is 0 Å². The molecule has 0 aliphatic carbocycles. The first-order valence-electron chi connectivity index (χ1n) is 15.4. The molecule has 49 heavy (non-hydrogen) atoms. The Hall–Kier alpha value is -4.18. The van der Waals surface area contributed by atoms with Crippen LogP contribution in [0.2, 0.25) is 0 Å². The van der Waals surface area contributed by atoms with Crippen LogP contribution in [0.15, 0.2) is 212 Å². The minimum absolute atomic E-state index is 0.446. The van der Waals surface area contributed by atoms with Crippen LogP contribution in [0.25, 0.3) is 0 Å². The average Bonchev–Trinajstić information content (AvgIpc) is 3.20. The number of benzene rings is 7. The Labute approximate surface area is 307 Å². The van der Waals surface area contributed by atoms with Gasteiger partial charge in [-0.2, -0.15) is 0 Å². The Morgan fingerprint density at radius 2 is 0.531 bits per heavy atom. The van der Waals surface area contributed by atoms with Gasteiger partial charge < -0.3 is 9.53 Å². The van der Waals surface area contributed by atoms with E-state index in [9.17, 15) is 4.79 Å². The van der Waals surface area contributed by atoms with E-state index in [0.29, 0.717) is 5.75 Å². The second-order valence-electron chi connectivity index (χ2n) is 10.2. The van der Waals surface area contributed by atoms with E-state index in [2.05, 4.69) is 214 Å². The molecule has 0 spiro atoms. The Bertz CT molecular complexity index is 1550. The summed E-state index contributed by atoms with van der Waals surface area (Å²) in [6.07, 6.45) is 0. The molecule has 0 heterocycles. The summed E-state index contributed by atoms with van der Waals surface area (Å²) in [7, 11) is 3.60. The summed E-state index contributed by atoms with van der Waals surface area (Å²) in [5.41, 5.74) is 0. The summed E-state index contributed by atoms with van der Waals surface area (Å²) in [4.78, 5) is 9.63. The number of para-hydroxylation sites is 1. The van der Waals surface area contributed by atoms with E-state index in [4.69, 9.17) is 0 Å². The van der Waals surface area contributed by atoms with Crippen molar-refractivity contribution in [3.8, 4) is 5.75 Å². The Balaban J connectivity index is 0.000000171. The second-order valence-corrected chi connectivity index (χ2v) is 14.6. The molecule has 2 nitrogen and oxygen atoms in total. The fourth-order valence-electron chi connectivity index (χ4n) is 4.89. The second kappa shape index (κ2) is 22.5. The Morgan fingerprint density at radius 1 is 0.347 bits per heavy atom. The van der Waals surface area contributed by atoms with Crippen molar-refractivity contribution in [3.63, 3.8) is 0 Å². The molecule has 0 bridgehead atoms. The number of rotatable bonds is 8. The summed E-state index contributed by atoms with van der Waals surface area (Å²) >= 11 is 2.22. The normalized spacial score (nSPS) is 9.90. The van der Waals surface area contributed by atoms with Crippen molar-refractivity contribution in [1.82, 2.24) is 0 Å². The maximum Gasteiger partial charge on any atom is -0.0134 e. The molecule has 0 aliphatic rings. The number of halogens is 1. The standard InChI is InChI=1S/2C18H15P.C7H5O2.ClH.Pd/c2*1-4-10-16(11-5-1)19(17-12-6-2-7-13-17)18-14-8-3-9-15-18;8-6-9-7-4-2-1-3-5-7;;/h2*1-15H;1-5H;1H;/q;;-1;;+2/p-1. The summed E-state index contributed by atoms with van der Waals surface area (Å²) < 4.78 is 4.40. The third-order valence-corrected chi connectivity index (χ3v) is 11.9. The van der Waals surface area contributed by atoms with Gasteiger partial charge in [0.25, 0.3) is 0 Å². The van der Waals surface area contributed by atoms with E-state index in [-0.39, 0.29) is 0 Å². The average molecular weight is 788 g/mol. The van der Waals surface area contributed by atoms with Crippen molar-refractivity contribution in [2.24, 2.45) is 0 Å². The van der Waals surface area contributed by atoms with Crippen LogP contribution in [0.1, 0.15) is 0 Å². The van der Waals surface area contributed by atoms with Crippen molar-refractivity contribution in [1.29, 1.82) is 0 Å². The van der Waals surface area contributed by atoms with Crippen molar-refractivity contribution in [2.45, 2.75) is 0 Å². The van der Waals surface area contributed by atoms with Gasteiger partial charge in [0.1, 0.15) is 0 Å². The molecule has 7 aromatic rings. The SMILES string of the molecule is O=[C-]Oc1ccccc1.[Cl][Pd+].c1ccc(P(c2ccccc2)c2ccccc2)cc1.c1ccc(P(c2ccccc2)c2ccccc2)cc1. The van der Waals surface area contributed by atoms with E-state index in [1.807, 2.05) is 6.07 Å². The quantitative estimate of drug-likeness (QED) is 0.0876. The summed E-state index contributed by atoms with van der Waals surface area (Å²) in [6.45, 7) is 1.33. The van der Waals surface area contributed by atoms with Gasteiger partial charge >= 0.3 is 27.7 Å². The summed E-state index contributed by atoms with van der Waals surface area (Å²) in [6, 6.07) is 73.4. The van der Waals surface area contributed by atoms with Gasteiger partial charge in [-0.3, -0.25) is 0 Å². The van der Waals surface area contributed by atoms with Gasteiger partial charge in [-0.25, -0.2) is 0 Å². The largest absolute Gasteiger partial charge is 0.0622 e. The van der Waals surface area contributed by atoms with Gasteiger partial charge in [0.2, 0.25) is 0 Å². The fourth-order valence-corrected chi connectivity index (χ4v) is 9.50. The fraction of sp³-hybridized carbons (Fsp3) is 0. The van der Waals surface area contributed by atoms with E-state index in [1.165, 1.54) is 38.3 Å². The predicted molar refractivity (Wildman–Crippen MR) is 209 cm³/mol. The molecule has 0 unspecified atom stereocenters. The Morgan fingerprint density at radius 3 is 0.714 bits per heavy atom. The van der Waals surface area contributed by atoms with E-state index < -0.39 is 15.8 Å². The van der Waals surface area contributed by atoms with Crippen molar-refractivity contribution in [2.75, 3.05) is 0 Å². The molecular weight excluding hydrogens is 752 g/mol. The molecule has 0 aromatic heterocycles. The third-order valence-electron chi connectivity index (χ3n) is 6.99. The molecule has 0 radical (unpaired) electrons. The van der Waals surface area contributed by atoms with Crippen LogP contribution in [0.5, 0.6) is 5.75 Å². The maximum atomic E-state index is 9.63. The first-order valence-corrected chi connectivity index (χ1v) is 20.1. The van der Waals surface area contributed by atoms with Crippen molar-refractivity contribution in [3.05, 3.63) is 212 Å². The zero-order chi connectivity index (χ0) is 34.4.